The summed E-state index contributed by atoms with van der Waals surface area (Å²) in [5, 5.41) is 2.85. The summed E-state index contributed by atoms with van der Waals surface area (Å²) in [6.45, 7) is 2.38. The summed E-state index contributed by atoms with van der Waals surface area (Å²) < 4.78 is 18.3. The van der Waals surface area contributed by atoms with Gasteiger partial charge >= 0.3 is 0 Å². The van der Waals surface area contributed by atoms with Crippen LogP contribution in [0.5, 0.6) is 0 Å². The molecule has 0 saturated carbocycles. The zero-order valence-electron chi connectivity index (χ0n) is 17.4. The molecule has 0 radical (unpaired) electrons. The second-order valence-corrected chi connectivity index (χ2v) is 6.95. The maximum absolute atomic E-state index is 13.2. The van der Waals surface area contributed by atoms with E-state index in [0.29, 0.717) is 25.2 Å². The highest BCUT2D eigenvalue weighted by Crippen LogP contribution is 2.25. The number of amides is 2. The Morgan fingerprint density at radius 3 is 2.34 bits per heavy atom. The molecule has 2 rings (SSSR count). The number of halogens is 1. The minimum Gasteiger partial charge on any atom is -0.377 e. The van der Waals surface area contributed by atoms with Crippen molar-refractivity contribution in [2.45, 2.75) is 26.4 Å². The van der Waals surface area contributed by atoms with Crippen LogP contribution in [-0.2, 0) is 27.4 Å². The molecule has 0 aliphatic heterocycles. The van der Waals surface area contributed by atoms with E-state index < -0.39 is 0 Å². The fourth-order valence-electron chi connectivity index (χ4n) is 2.94. The van der Waals surface area contributed by atoms with Crippen LogP contribution in [0, 0.1) is 5.82 Å². The zero-order valence-corrected chi connectivity index (χ0v) is 17.4. The lowest BCUT2D eigenvalue weighted by Gasteiger charge is -2.26. The Kier molecular flexibility index (Phi) is 8.15. The first-order valence-corrected chi connectivity index (χ1v) is 9.45. The van der Waals surface area contributed by atoms with Gasteiger partial charge in [0.1, 0.15) is 12.4 Å². The van der Waals surface area contributed by atoms with Crippen LogP contribution in [0.3, 0.4) is 0 Å². The lowest BCUT2D eigenvalue weighted by molar-refractivity contribution is -0.136. The number of carbonyl (C=O) groups is 2. The third-order valence-electron chi connectivity index (χ3n) is 4.43. The minimum absolute atomic E-state index is 0.0508. The van der Waals surface area contributed by atoms with Gasteiger partial charge in [0.05, 0.1) is 0 Å². The van der Waals surface area contributed by atoms with Gasteiger partial charge in [-0.05, 0) is 41.5 Å². The first-order chi connectivity index (χ1) is 13.8. The topological polar surface area (TPSA) is 61.9 Å². The third kappa shape index (κ3) is 6.57. The van der Waals surface area contributed by atoms with Crippen molar-refractivity contribution in [2.75, 3.05) is 38.0 Å². The molecule has 0 spiro atoms. The molecular formula is C22H28FN3O3. The number of carbonyl (C=O) groups excluding carboxylic acids is 2. The van der Waals surface area contributed by atoms with Crippen molar-refractivity contribution in [2.24, 2.45) is 0 Å². The van der Waals surface area contributed by atoms with Gasteiger partial charge < -0.3 is 19.9 Å². The van der Waals surface area contributed by atoms with E-state index in [4.69, 9.17) is 4.74 Å². The monoisotopic (exact) mass is 401 g/mol. The van der Waals surface area contributed by atoms with Crippen molar-refractivity contribution in [1.29, 1.82) is 0 Å². The third-order valence-corrected chi connectivity index (χ3v) is 4.43. The summed E-state index contributed by atoms with van der Waals surface area (Å²) in [6.07, 6.45) is 0.383. The summed E-state index contributed by atoms with van der Waals surface area (Å²) in [6, 6.07) is 11.7. The number of anilines is 2. The molecule has 2 aromatic rings. The van der Waals surface area contributed by atoms with Gasteiger partial charge in [0.15, 0.2) is 0 Å². The Balaban J connectivity index is 2.33. The van der Waals surface area contributed by atoms with Crippen LogP contribution >= 0.6 is 0 Å². The molecule has 6 nitrogen and oxygen atoms in total. The number of rotatable bonds is 9. The standard InChI is InChI=1S/C22H28FN3O3/c1-5-21(27)24-19-10-11-20(25(2)3)17(12-19)14-26(22(28)15-29-4)13-16-6-8-18(23)9-7-16/h6-12H,5,13-15H2,1-4H3,(H,24,27). The van der Waals surface area contributed by atoms with E-state index in [-0.39, 0.29) is 24.2 Å². The average molecular weight is 401 g/mol. The molecule has 0 aromatic heterocycles. The second-order valence-electron chi connectivity index (χ2n) is 6.95. The number of ether oxygens (including phenoxy) is 1. The normalized spacial score (nSPS) is 10.5. The molecular weight excluding hydrogens is 373 g/mol. The van der Waals surface area contributed by atoms with Crippen molar-refractivity contribution < 1.29 is 18.7 Å². The van der Waals surface area contributed by atoms with E-state index in [2.05, 4.69) is 5.32 Å². The fraction of sp³-hybridized carbons (Fsp3) is 0.364. The van der Waals surface area contributed by atoms with Crippen molar-refractivity contribution >= 4 is 23.2 Å². The molecule has 0 atom stereocenters. The Labute approximate surface area is 171 Å². The fourth-order valence-corrected chi connectivity index (χ4v) is 2.94. The number of benzene rings is 2. The Hall–Kier alpha value is -2.93. The molecule has 156 valence electrons. The van der Waals surface area contributed by atoms with Crippen LogP contribution < -0.4 is 10.2 Å². The lowest BCUT2D eigenvalue weighted by atomic mass is 10.1. The molecule has 0 saturated heterocycles. The van der Waals surface area contributed by atoms with E-state index in [1.807, 2.05) is 37.2 Å². The highest BCUT2D eigenvalue weighted by Gasteiger charge is 2.18. The molecule has 29 heavy (non-hydrogen) atoms. The summed E-state index contributed by atoms with van der Waals surface area (Å²) in [7, 11) is 5.31. The highest BCUT2D eigenvalue weighted by molar-refractivity contribution is 5.91. The minimum atomic E-state index is -0.322. The second kappa shape index (κ2) is 10.6. The van der Waals surface area contributed by atoms with Crippen LogP contribution in [0.1, 0.15) is 24.5 Å². The van der Waals surface area contributed by atoms with Crippen LogP contribution in [-0.4, -0.2) is 44.5 Å². The van der Waals surface area contributed by atoms with Gasteiger partial charge in [-0.1, -0.05) is 19.1 Å². The summed E-state index contributed by atoms with van der Waals surface area (Å²) in [5.74, 6) is -0.575. The molecule has 1 N–H and O–H groups in total. The van der Waals surface area contributed by atoms with Gasteiger partial charge in [-0.2, -0.15) is 0 Å². The maximum Gasteiger partial charge on any atom is 0.249 e. The van der Waals surface area contributed by atoms with Crippen LogP contribution in [0.4, 0.5) is 15.8 Å². The number of hydrogen-bond donors (Lipinski definition) is 1. The van der Waals surface area contributed by atoms with E-state index >= 15 is 0 Å². The van der Waals surface area contributed by atoms with E-state index in [0.717, 1.165) is 16.8 Å². The zero-order chi connectivity index (χ0) is 21.4. The molecule has 0 heterocycles. The quantitative estimate of drug-likeness (QED) is 0.700. The van der Waals surface area contributed by atoms with Gasteiger partial charge in [-0.15, -0.1) is 0 Å². The average Bonchev–Trinajstić information content (AvgIpc) is 2.69. The smallest absolute Gasteiger partial charge is 0.249 e. The van der Waals surface area contributed by atoms with Crippen molar-refractivity contribution in [3.05, 3.63) is 59.4 Å². The van der Waals surface area contributed by atoms with Gasteiger partial charge in [-0.25, -0.2) is 4.39 Å². The van der Waals surface area contributed by atoms with E-state index in [1.165, 1.54) is 19.2 Å². The van der Waals surface area contributed by atoms with Crippen LogP contribution in [0.25, 0.3) is 0 Å². The predicted octanol–water partition coefficient (Wildman–Crippen LogP) is 3.42. The summed E-state index contributed by atoms with van der Waals surface area (Å²) in [5.41, 5.74) is 3.32. The molecule has 0 bridgehead atoms. The van der Waals surface area contributed by atoms with Crippen molar-refractivity contribution in [3.63, 3.8) is 0 Å². The first kappa shape index (κ1) is 22.4. The number of methoxy groups -OCH3 is 1. The van der Waals surface area contributed by atoms with Crippen molar-refractivity contribution in [3.8, 4) is 0 Å². The predicted molar refractivity (Wildman–Crippen MR) is 112 cm³/mol. The molecule has 0 fully saturated rings. The van der Waals surface area contributed by atoms with Crippen molar-refractivity contribution in [1.82, 2.24) is 4.90 Å². The van der Waals surface area contributed by atoms with Gasteiger partial charge in [0.25, 0.3) is 0 Å². The maximum atomic E-state index is 13.2. The molecule has 7 heteroatoms. The number of nitrogens with zero attached hydrogens (tertiary/aromatic N) is 2. The summed E-state index contributed by atoms with van der Waals surface area (Å²) in [4.78, 5) is 28.0. The lowest BCUT2D eigenvalue weighted by Crippen LogP contribution is -2.33. The first-order valence-electron chi connectivity index (χ1n) is 9.45. The van der Waals surface area contributed by atoms with Gasteiger partial charge in [0.2, 0.25) is 11.8 Å². The number of nitrogens with one attached hydrogen (secondary N) is 1. The number of hydrogen-bond acceptors (Lipinski definition) is 4. The Morgan fingerprint density at radius 2 is 1.76 bits per heavy atom. The highest BCUT2D eigenvalue weighted by atomic mass is 19.1. The van der Waals surface area contributed by atoms with Crippen LogP contribution in [0.15, 0.2) is 42.5 Å². The SMILES string of the molecule is CCC(=O)Nc1ccc(N(C)C)c(CN(Cc2ccc(F)cc2)C(=O)COC)c1. The van der Waals surface area contributed by atoms with Gasteiger partial charge in [0, 0.05) is 52.1 Å². The molecule has 0 unspecified atom stereocenters. The van der Waals surface area contributed by atoms with Gasteiger partial charge in [-0.3, -0.25) is 9.59 Å². The Bertz CT molecular complexity index is 838. The van der Waals surface area contributed by atoms with Crippen LogP contribution in [0.2, 0.25) is 0 Å². The molecule has 0 aliphatic carbocycles. The molecule has 2 aromatic carbocycles. The molecule has 0 aliphatic rings. The Morgan fingerprint density at radius 1 is 1.07 bits per heavy atom. The summed E-state index contributed by atoms with van der Waals surface area (Å²) >= 11 is 0. The largest absolute Gasteiger partial charge is 0.377 e. The molecule has 2 amide bonds. The van der Waals surface area contributed by atoms with E-state index in [9.17, 15) is 14.0 Å². The van der Waals surface area contributed by atoms with E-state index in [1.54, 1.807) is 24.0 Å².